The predicted octanol–water partition coefficient (Wildman–Crippen LogP) is 4.27. The summed E-state index contributed by atoms with van der Waals surface area (Å²) in [4.78, 5) is 0. The number of ether oxygens (including phenoxy) is 4. The van der Waals surface area contributed by atoms with Gasteiger partial charge in [-0.1, -0.05) is 54.6 Å². The maximum absolute atomic E-state index is 14.4. The summed E-state index contributed by atoms with van der Waals surface area (Å²) in [6.45, 7) is 1.05. The van der Waals surface area contributed by atoms with E-state index in [0.29, 0.717) is 11.5 Å². The molecule has 1 aliphatic heterocycles. The van der Waals surface area contributed by atoms with Crippen LogP contribution in [0.4, 0.5) is 4.39 Å². The number of halogens is 1. The fourth-order valence-electron chi connectivity index (χ4n) is 3.96. The Kier molecular flexibility index (Phi) is 8.97. The number of benzene rings is 3. The number of aliphatic hydroxyl groups is 1. The molecule has 0 amide bonds. The maximum atomic E-state index is 14.4. The topological polar surface area (TPSA) is 57.2 Å². The van der Waals surface area contributed by atoms with Crippen molar-refractivity contribution in [3.05, 3.63) is 102 Å². The summed E-state index contributed by atoms with van der Waals surface area (Å²) in [6.07, 6.45) is -3.74. The minimum Gasteiger partial charge on any atom is -0.543 e. The molecule has 0 spiro atoms. The van der Waals surface area contributed by atoms with Gasteiger partial charge in [0, 0.05) is 31.1 Å². The third-order valence-corrected chi connectivity index (χ3v) is 5.71. The molecule has 1 fully saturated rings. The van der Waals surface area contributed by atoms with Crippen LogP contribution < -0.4 is 9.47 Å². The van der Waals surface area contributed by atoms with Crippen molar-refractivity contribution in [3.63, 3.8) is 0 Å². The van der Waals surface area contributed by atoms with Crippen molar-refractivity contribution >= 4 is 0 Å². The van der Waals surface area contributed by atoms with Crippen molar-refractivity contribution in [2.24, 2.45) is 0 Å². The second-order valence-corrected chi connectivity index (χ2v) is 7.56. The van der Waals surface area contributed by atoms with E-state index in [2.05, 4.69) is 0 Å². The standard InChI is InChI=1S/C26H26FO5.U/c1-29-21-12-8-19(9-13-21)26(18-6-4-3-5-7-18,20-10-14-22(30-2)15-11-20)32-17-24-25(27)23(28)16-31-24;/h3-16,23-25,28H,17H2,1-2H3;/q-1;/t23-,24+,25-;/m0./s1. The molecule has 172 valence electrons. The second-order valence-electron chi connectivity index (χ2n) is 7.56. The second kappa shape index (κ2) is 11.5. The van der Waals surface area contributed by atoms with Gasteiger partial charge in [-0.05, 0) is 47.1 Å². The van der Waals surface area contributed by atoms with Gasteiger partial charge in [-0.2, -0.15) is 6.61 Å². The summed E-state index contributed by atoms with van der Waals surface area (Å²) in [6, 6.07) is 24.9. The van der Waals surface area contributed by atoms with E-state index in [1.807, 2.05) is 78.9 Å². The van der Waals surface area contributed by atoms with Crippen molar-refractivity contribution in [3.8, 4) is 11.5 Å². The molecule has 5 nitrogen and oxygen atoms in total. The number of hydrogen-bond donors (Lipinski definition) is 1. The van der Waals surface area contributed by atoms with Crippen LogP contribution in [0, 0.1) is 37.7 Å². The largest absolute Gasteiger partial charge is 0.543 e. The van der Waals surface area contributed by atoms with E-state index >= 15 is 0 Å². The number of methoxy groups -OCH3 is 2. The van der Waals surface area contributed by atoms with E-state index in [1.54, 1.807) is 14.2 Å². The first kappa shape index (κ1) is 25.7. The Balaban J connectivity index is 0.00000306. The molecule has 3 atom stereocenters. The summed E-state index contributed by atoms with van der Waals surface area (Å²) in [5, 5.41) is 9.73. The van der Waals surface area contributed by atoms with Crippen LogP contribution in [-0.4, -0.2) is 44.3 Å². The van der Waals surface area contributed by atoms with E-state index in [4.69, 9.17) is 18.9 Å². The van der Waals surface area contributed by atoms with Gasteiger partial charge >= 0.3 is 0 Å². The maximum Gasteiger partial charge on any atom is 0.143 e. The predicted molar refractivity (Wildman–Crippen MR) is 118 cm³/mol. The van der Waals surface area contributed by atoms with Gasteiger partial charge in [-0.3, -0.25) is 0 Å². The van der Waals surface area contributed by atoms with Crippen LogP contribution in [0.5, 0.6) is 11.5 Å². The molecule has 7 heteroatoms. The Bertz CT molecular complexity index is 950. The van der Waals surface area contributed by atoms with Crippen molar-refractivity contribution in [2.45, 2.75) is 24.0 Å². The molecule has 3 aromatic rings. The van der Waals surface area contributed by atoms with E-state index in [1.165, 1.54) is 0 Å². The molecule has 4 rings (SSSR count). The van der Waals surface area contributed by atoms with Crippen LogP contribution in [0.3, 0.4) is 0 Å². The number of hydrogen-bond acceptors (Lipinski definition) is 5. The zero-order valence-corrected chi connectivity index (χ0v) is 22.6. The van der Waals surface area contributed by atoms with E-state index in [9.17, 15) is 9.50 Å². The number of aliphatic hydroxyl groups excluding tert-OH is 1. The third-order valence-electron chi connectivity index (χ3n) is 5.71. The molecule has 0 bridgehead atoms. The van der Waals surface area contributed by atoms with Crippen LogP contribution in [0.1, 0.15) is 16.7 Å². The molecule has 0 saturated carbocycles. The van der Waals surface area contributed by atoms with Gasteiger partial charge in [0.05, 0.1) is 26.9 Å². The van der Waals surface area contributed by atoms with Crippen LogP contribution in [-0.2, 0) is 15.1 Å². The van der Waals surface area contributed by atoms with Crippen LogP contribution in [0.15, 0.2) is 78.9 Å². The number of rotatable bonds is 8. The van der Waals surface area contributed by atoms with Gasteiger partial charge in [0.15, 0.2) is 0 Å². The molecule has 1 saturated heterocycles. The van der Waals surface area contributed by atoms with Crippen LogP contribution >= 0.6 is 0 Å². The molecule has 0 aliphatic carbocycles. The number of alkyl halides is 1. The summed E-state index contributed by atoms with van der Waals surface area (Å²) in [5.41, 5.74) is 1.49. The van der Waals surface area contributed by atoms with Crippen molar-refractivity contribution < 1.29 is 59.6 Å². The summed E-state index contributed by atoms with van der Waals surface area (Å²) in [7, 11) is 3.22. The molecule has 33 heavy (non-hydrogen) atoms. The molecule has 1 heterocycles. The quantitative estimate of drug-likeness (QED) is 0.286. The van der Waals surface area contributed by atoms with E-state index in [0.717, 1.165) is 23.3 Å². The molecular weight excluding hydrogens is 649 g/mol. The summed E-state index contributed by atoms with van der Waals surface area (Å²) in [5.74, 6) is 1.43. The normalized spacial score (nSPS) is 20.2. The van der Waals surface area contributed by atoms with E-state index in [-0.39, 0.29) is 37.7 Å². The van der Waals surface area contributed by atoms with Gasteiger partial charge in [0.25, 0.3) is 0 Å². The first-order chi connectivity index (χ1) is 15.6. The molecular formula is C26H26FO5U-. The Morgan fingerprint density at radius 1 is 0.848 bits per heavy atom. The van der Waals surface area contributed by atoms with Gasteiger partial charge in [-0.15, -0.1) is 0 Å². The van der Waals surface area contributed by atoms with Crippen molar-refractivity contribution in [2.75, 3.05) is 20.8 Å². The molecule has 3 aromatic carbocycles. The Labute approximate surface area is 217 Å². The minimum atomic E-state index is -1.56. The molecule has 1 aliphatic rings. The van der Waals surface area contributed by atoms with E-state index < -0.39 is 24.0 Å². The molecule has 0 unspecified atom stereocenters. The first-order valence-corrected chi connectivity index (χ1v) is 10.4. The summed E-state index contributed by atoms with van der Waals surface area (Å²) < 4.78 is 37.0. The van der Waals surface area contributed by atoms with Crippen molar-refractivity contribution in [1.82, 2.24) is 0 Å². The smallest absolute Gasteiger partial charge is 0.143 e. The Morgan fingerprint density at radius 2 is 1.33 bits per heavy atom. The van der Waals surface area contributed by atoms with Gasteiger partial charge < -0.3 is 24.1 Å². The van der Waals surface area contributed by atoms with Gasteiger partial charge in [0.2, 0.25) is 0 Å². The fraction of sp³-hybridized carbons (Fsp3) is 0.269. The van der Waals surface area contributed by atoms with Crippen LogP contribution in [0.25, 0.3) is 0 Å². The van der Waals surface area contributed by atoms with Crippen molar-refractivity contribution in [1.29, 1.82) is 0 Å². The monoisotopic (exact) mass is 675 g/mol. The fourth-order valence-corrected chi connectivity index (χ4v) is 3.96. The summed E-state index contributed by atoms with van der Waals surface area (Å²) >= 11 is 0. The molecule has 1 N–H and O–H groups in total. The van der Waals surface area contributed by atoms with Gasteiger partial charge in [-0.25, -0.2) is 4.39 Å². The average molecular weight is 676 g/mol. The zero-order valence-electron chi connectivity index (χ0n) is 18.5. The molecule has 0 radical (unpaired) electrons. The van der Waals surface area contributed by atoms with Gasteiger partial charge in [0.1, 0.15) is 23.3 Å². The third kappa shape index (κ3) is 5.29. The first-order valence-electron chi connectivity index (χ1n) is 10.4. The SMILES string of the molecule is COc1ccc(C(OC[C@H]2O[CH-][C@H](O)[C@@H]2F)(c2ccccc2)c2ccc(OC)cc2)cc1.[U]. The Morgan fingerprint density at radius 3 is 1.76 bits per heavy atom. The molecule has 0 aromatic heterocycles. The Hall–Kier alpha value is -1.88. The van der Waals surface area contributed by atoms with Crippen LogP contribution in [0.2, 0.25) is 0 Å². The zero-order chi connectivity index (χ0) is 22.6. The average Bonchev–Trinajstić information content (AvgIpc) is 3.18. The minimum absolute atomic E-state index is 0.